The highest BCUT2D eigenvalue weighted by Gasteiger charge is 2.31. The van der Waals surface area contributed by atoms with E-state index in [0.717, 1.165) is 6.42 Å². The normalized spacial score (nSPS) is 40.6. The van der Waals surface area contributed by atoms with Gasteiger partial charge < -0.3 is 9.84 Å². The molecule has 2 heteroatoms. The van der Waals surface area contributed by atoms with E-state index in [4.69, 9.17) is 4.74 Å². The van der Waals surface area contributed by atoms with Crippen LogP contribution in [0.2, 0.25) is 0 Å². The summed E-state index contributed by atoms with van der Waals surface area (Å²) in [6, 6.07) is 0. The zero-order valence-electron chi connectivity index (χ0n) is 8.99. The Morgan fingerprint density at radius 3 is 2.69 bits per heavy atom. The van der Waals surface area contributed by atoms with Crippen molar-refractivity contribution in [1.82, 2.24) is 0 Å². The van der Waals surface area contributed by atoms with Crippen molar-refractivity contribution in [1.29, 1.82) is 0 Å². The predicted molar refractivity (Wildman–Crippen MR) is 53.3 cm³/mol. The van der Waals surface area contributed by atoms with E-state index in [1.165, 1.54) is 19.3 Å². The molecule has 1 saturated heterocycles. The largest absolute Gasteiger partial charge is 0.368 e. The van der Waals surface area contributed by atoms with Gasteiger partial charge >= 0.3 is 0 Å². The van der Waals surface area contributed by atoms with Crippen molar-refractivity contribution in [2.75, 3.05) is 0 Å². The van der Waals surface area contributed by atoms with Gasteiger partial charge in [0.05, 0.1) is 6.10 Å². The summed E-state index contributed by atoms with van der Waals surface area (Å²) in [5.41, 5.74) is 0. The van der Waals surface area contributed by atoms with Crippen molar-refractivity contribution in [2.45, 2.75) is 58.8 Å². The Morgan fingerprint density at radius 1 is 1.38 bits per heavy atom. The first-order valence-corrected chi connectivity index (χ1v) is 5.48. The first-order valence-electron chi connectivity index (χ1n) is 5.48. The number of aliphatic hydroxyl groups excluding tert-OH is 1. The molecular formula is C11H22O2. The fourth-order valence-electron chi connectivity index (χ4n) is 2.13. The molecule has 0 aliphatic carbocycles. The lowest BCUT2D eigenvalue weighted by atomic mass is 9.81. The second kappa shape index (κ2) is 4.97. The zero-order valence-corrected chi connectivity index (χ0v) is 8.99. The minimum atomic E-state index is -0.520. The lowest BCUT2D eigenvalue weighted by Gasteiger charge is -2.37. The average molecular weight is 186 g/mol. The smallest absolute Gasteiger partial charge is 0.155 e. The maximum atomic E-state index is 9.44. The van der Waals surface area contributed by atoms with Crippen LogP contribution in [0.15, 0.2) is 0 Å². The molecule has 1 fully saturated rings. The lowest BCUT2D eigenvalue weighted by molar-refractivity contribution is -0.192. The Kier molecular flexibility index (Phi) is 4.20. The zero-order chi connectivity index (χ0) is 9.84. The van der Waals surface area contributed by atoms with Crippen molar-refractivity contribution in [3.8, 4) is 0 Å². The first-order chi connectivity index (χ1) is 6.15. The van der Waals surface area contributed by atoms with E-state index in [0.29, 0.717) is 11.8 Å². The van der Waals surface area contributed by atoms with Gasteiger partial charge in [0.15, 0.2) is 6.29 Å². The monoisotopic (exact) mass is 186 g/mol. The van der Waals surface area contributed by atoms with Gasteiger partial charge in [-0.1, -0.05) is 26.7 Å². The topological polar surface area (TPSA) is 29.5 Å². The summed E-state index contributed by atoms with van der Waals surface area (Å²) in [6.07, 6.45) is 4.27. The van der Waals surface area contributed by atoms with Gasteiger partial charge in [-0.2, -0.15) is 0 Å². The van der Waals surface area contributed by atoms with Gasteiger partial charge in [0, 0.05) is 6.42 Å². The minimum Gasteiger partial charge on any atom is -0.368 e. The summed E-state index contributed by atoms with van der Waals surface area (Å²) >= 11 is 0. The van der Waals surface area contributed by atoms with E-state index in [-0.39, 0.29) is 6.10 Å². The molecule has 1 rings (SSSR count). The third-order valence-electron chi connectivity index (χ3n) is 3.29. The average Bonchev–Trinajstić information content (AvgIpc) is 2.09. The third-order valence-corrected chi connectivity index (χ3v) is 3.29. The van der Waals surface area contributed by atoms with Gasteiger partial charge in [-0.3, -0.25) is 0 Å². The lowest BCUT2D eigenvalue weighted by Crippen LogP contribution is -2.38. The molecule has 4 atom stereocenters. The molecule has 0 aromatic rings. The van der Waals surface area contributed by atoms with Crippen molar-refractivity contribution >= 4 is 0 Å². The maximum absolute atomic E-state index is 9.44. The van der Waals surface area contributed by atoms with Crippen molar-refractivity contribution in [2.24, 2.45) is 11.8 Å². The quantitative estimate of drug-likeness (QED) is 0.734. The van der Waals surface area contributed by atoms with Gasteiger partial charge in [-0.15, -0.1) is 0 Å². The summed E-state index contributed by atoms with van der Waals surface area (Å²) in [5, 5.41) is 9.44. The number of rotatable bonds is 3. The standard InChI is InChI=1S/C11H22O2/c1-4-5-6-10-7-11(12)13-9(3)8(10)2/h8-12H,4-7H2,1-3H3. The highest BCUT2D eigenvalue weighted by Crippen LogP contribution is 2.32. The molecule has 0 amide bonds. The molecule has 1 heterocycles. The molecule has 0 bridgehead atoms. The predicted octanol–water partition coefficient (Wildman–Crippen LogP) is 2.56. The van der Waals surface area contributed by atoms with Gasteiger partial charge in [-0.05, 0) is 25.2 Å². The number of ether oxygens (including phenoxy) is 1. The summed E-state index contributed by atoms with van der Waals surface area (Å²) in [6.45, 7) is 6.51. The van der Waals surface area contributed by atoms with Crippen LogP contribution in [0, 0.1) is 11.8 Å². The molecule has 2 nitrogen and oxygen atoms in total. The summed E-state index contributed by atoms with van der Waals surface area (Å²) < 4.78 is 5.36. The summed E-state index contributed by atoms with van der Waals surface area (Å²) in [5.74, 6) is 1.24. The molecule has 4 unspecified atom stereocenters. The molecule has 0 aromatic carbocycles. The van der Waals surface area contributed by atoms with Crippen LogP contribution in [-0.2, 0) is 4.74 Å². The minimum absolute atomic E-state index is 0.214. The van der Waals surface area contributed by atoms with Crippen LogP contribution in [0.1, 0.15) is 46.5 Å². The van der Waals surface area contributed by atoms with E-state index in [2.05, 4.69) is 20.8 Å². The van der Waals surface area contributed by atoms with E-state index in [1.807, 2.05) is 0 Å². The maximum Gasteiger partial charge on any atom is 0.155 e. The highest BCUT2D eigenvalue weighted by atomic mass is 16.6. The number of aliphatic hydroxyl groups is 1. The van der Waals surface area contributed by atoms with Crippen LogP contribution < -0.4 is 0 Å². The molecule has 1 N–H and O–H groups in total. The molecule has 0 saturated carbocycles. The van der Waals surface area contributed by atoms with Crippen molar-refractivity contribution in [3.63, 3.8) is 0 Å². The second-order valence-corrected chi connectivity index (χ2v) is 4.29. The Morgan fingerprint density at radius 2 is 2.08 bits per heavy atom. The van der Waals surface area contributed by atoms with Crippen LogP contribution in [0.4, 0.5) is 0 Å². The van der Waals surface area contributed by atoms with Crippen LogP contribution in [0.3, 0.4) is 0 Å². The molecule has 1 aliphatic heterocycles. The number of hydrogen-bond acceptors (Lipinski definition) is 2. The Labute approximate surface area is 81.3 Å². The summed E-state index contributed by atoms with van der Waals surface area (Å²) in [7, 11) is 0. The van der Waals surface area contributed by atoms with Crippen molar-refractivity contribution in [3.05, 3.63) is 0 Å². The third kappa shape index (κ3) is 2.96. The van der Waals surface area contributed by atoms with Gasteiger partial charge in [0.2, 0.25) is 0 Å². The first kappa shape index (κ1) is 11.0. The molecule has 0 spiro atoms. The van der Waals surface area contributed by atoms with Gasteiger partial charge in [0.25, 0.3) is 0 Å². The number of unbranched alkanes of at least 4 members (excludes halogenated alkanes) is 1. The van der Waals surface area contributed by atoms with Crippen LogP contribution in [0.25, 0.3) is 0 Å². The Balaban J connectivity index is 2.41. The fraction of sp³-hybridized carbons (Fsp3) is 1.00. The van der Waals surface area contributed by atoms with Crippen molar-refractivity contribution < 1.29 is 9.84 Å². The van der Waals surface area contributed by atoms with E-state index in [9.17, 15) is 5.11 Å². The van der Waals surface area contributed by atoms with Crippen LogP contribution >= 0.6 is 0 Å². The van der Waals surface area contributed by atoms with E-state index < -0.39 is 6.29 Å². The van der Waals surface area contributed by atoms with E-state index >= 15 is 0 Å². The summed E-state index contributed by atoms with van der Waals surface area (Å²) in [4.78, 5) is 0. The fourth-order valence-corrected chi connectivity index (χ4v) is 2.13. The van der Waals surface area contributed by atoms with Crippen LogP contribution in [-0.4, -0.2) is 17.5 Å². The highest BCUT2D eigenvalue weighted by molar-refractivity contribution is 4.77. The Hall–Kier alpha value is -0.0800. The molecule has 0 aromatic heterocycles. The second-order valence-electron chi connectivity index (χ2n) is 4.29. The SMILES string of the molecule is CCCCC1CC(O)OC(C)C1C. The van der Waals surface area contributed by atoms with E-state index in [1.54, 1.807) is 0 Å². The molecule has 78 valence electrons. The van der Waals surface area contributed by atoms with Gasteiger partial charge in [-0.25, -0.2) is 0 Å². The Bertz CT molecular complexity index is 147. The molecule has 0 radical (unpaired) electrons. The number of hydrogen-bond donors (Lipinski definition) is 1. The van der Waals surface area contributed by atoms with Crippen LogP contribution in [0.5, 0.6) is 0 Å². The molecular weight excluding hydrogens is 164 g/mol. The molecule has 1 aliphatic rings. The molecule has 13 heavy (non-hydrogen) atoms. The van der Waals surface area contributed by atoms with Gasteiger partial charge in [0.1, 0.15) is 0 Å².